The summed E-state index contributed by atoms with van der Waals surface area (Å²) in [6.45, 7) is 4.18. The number of benzene rings is 2. The first-order valence-corrected chi connectivity index (χ1v) is 10.3. The van der Waals surface area contributed by atoms with Crippen molar-refractivity contribution in [2.24, 2.45) is 0 Å². The summed E-state index contributed by atoms with van der Waals surface area (Å²) in [5, 5.41) is 2.74. The van der Waals surface area contributed by atoms with Crippen LogP contribution in [0.4, 0.5) is 5.69 Å². The van der Waals surface area contributed by atoms with Gasteiger partial charge in [0.15, 0.2) is 9.84 Å². The number of ether oxygens (including phenoxy) is 1. The molecule has 1 amide bonds. The molecule has 0 unspecified atom stereocenters. The van der Waals surface area contributed by atoms with Crippen molar-refractivity contribution in [3.63, 3.8) is 0 Å². The average Bonchev–Trinajstić information content (AvgIpc) is 2.63. The van der Waals surface area contributed by atoms with Gasteiger partial charge in [-0.2, -0.15) is 0 Å². The second-order valence-electron chi connectivity index (χ2n) is 6.34. The van der Waals surface area contributed by atoms with Gasteiger partial charge in [-0.25, -0.2) is 8.42 Å². The molecule has 6 nitrogen and oxygen atoms in total. The van der Waals surface area contributed by atoms with Crippen LogP contribution in [0.3, 0.4) is 0 Å². The Morgan fingerprint density at radius 1 is 1.12 bits per heavy atom. The zero-order valence-electron chi connectivity index (χ0n) is 14.6. The molecule has 0 bridgehead atoms. The van der Waals surface area contributed by atoms with Crippen molar-refractivity contribution in [2.45, 2.75) is 11.4 Å². The Morgan fingerprint density at radius 2 is 1.81 bits per heavy atom. The molecular weight excluding hydrogens is 352 g/mol. The number of morpholine rings is 1. The van der Waals surface area contributed by atoms with Gasteiger partial charge in [-0.05, 0) is 35.9 Å². The van der Waals surface area contributed by atoms with Crippen molar-refractivity contribution in [1.29, 1.82) is 0 Å². The van der Waals surface area contributed by atoms with E-state index in [2.05, 4.69) is 10.2 Å². The third-order valence-electron chi connectivity index (χ3n) is 4.25. The van der Waals surface area contributed by atoms with Crippen LogP contribution in [0.1, 0.15) is 15.9 Å². The number of carbonyl (C=O) groups excluding carboxylic acids is 1. The minimum absolute atomic E-state index is 0.177. The third-order valence-corrected chi connectivity index (χ3v) is 5.36. The van der Waals surface area contributed by atoms with E-state index in [0.717, 1.165) is 44.7 Å². The molecule has 0 aliphatic carbocycles. The lowest BCUT2D eigenvalue weighted by Crippen LogP contribution is -2.35. The van der Waals surface area contributed by atoms with E-state index in [1.165, 1.54) is 12.1 Å². The number of amides is 1. The van der Waals surface area contributed by atoms with Gasteiger partial charge in [-0.1, -0.05) is 18.2 Å². The summed E-state index contributed by atoms with van der Waals surface area (Å²) in [6, 6.07) is 13.7. The molecule has 1 N–H and O–H groups in total. The van der Waals surface area contributed by atoms with Crippen LogP contribution < -0.4 is 5.32 Å². The molecule has 0 atom stereocenters. The highest BCUT2D eigenvalue weighted by atomic mass is 32.2. The first-order valence-electron chi connectivity index (χ1n) is 8.42. The molecule has 1 saturated heterocycles. The largest absolute Gasteiger partial charge is 0.379 e. The quantitative estimate of drug-likeness (QED) is 0.868. The topological polar surface area (TPSA) is 75.7 Å². The highest BCUT2D eigenvalue weighted by Crippen LogP contribution is 2.17. The molecular formula is C19H22N2O4S. The number of hydrogen-bond donors (Lipinski definition) is 1. The number of anilines is 1. The molecule has 1 aliphatic rings. The summed E-state index contributed by atoms with van der Waals surface area (Å²) in [5.41, 5.74) is 2.12. The second kappa shape index (κ2) is 7.99. The van der Waals surface area contributed by atoms with Crippen LogP contribution in [-0.2, 0) is 21.1 Å². The normalized spacial score (nSPS) is 15.6. The van der Waals surface area contributed by atoms with Gasteiger partial charge in [0.25, 0.3) is 5.91 Å². The summed E-state index contributed by atoms with van der Waals surface area (Å²) < 4.78 is 28.6. The van der Waals surface area contributed by atoms with Crippen LogP contribution in [0.2, 0.25) is 0 Å². The first-order chi connectivity index (χ1) is 12.4. The van der Waals surface area contributed by atoms with E-state index in [-0.39, 0.29) is 10.8 Å². The second-order valence-corrected chi connectivity index (χ2v) is 8.36. The molecule has 1 aliphatic heterocycles. The lowest BCUT2D eigenvalue weighted by atomic mass is 10.1. The van der Waals surface area contributed by atoms with Gasteiger partial charge in [-0.3, -0.25) is 9.69 Å². The van der Waals surface area contributed by atoms with Gasteiger partial charge in [-0.15, -0.1) is 0 Å². The zero-order valence-corrected chi connectivity index (χ0v) is 15.5. The van der Waals surface area contributed by atoms with Crippen LogP contribution in [0.25, 0.3) is 0 Å². The maximum absolute atomic E-state index is 12.4. The summed E-state index contributed by atoms with van der Waals surface area (Å²) in [6.07, 6.45) is 1.14. The molecule has 1 heterocycles. The van der Waals surface area contributed by atoms with Gasteiger partial charge >= 0.3 is 0 Å². The highest BCUT2D eigenvalue weighted by molar-refractivity contribution is 7.90. The molecule has 2 aromatic rings. The minimum atomic E-state index is -3.31. The molecule has 1 fully saturated rings. The zero-order chi connectivity index (χ0) is 18.6. The third kappa shape index (κ3) is 4.91. The van der Waals surface area contributed by atoms with Crippen LogP contribution in [0, 0.1) is 0 Å². The molecule has 0 radical (unpaired) electrons. The van der Waals surface area contributed by atoms with Gasteiger partial charge in [0.2, 0.25) is 0 Å². The molecule has 2 aromatic carbocycles. The summed E-state index contributed by atoms with van der Waals surface area (Å²) in [4.78, 5) is 14.9. The van der Waals surface area contributed by atoms with E-state index in [0.29, 0.717) is 11.3 Å². The van der Waals surface area contributed by atoms with E-state index in [9.17, 15) is 13.2 Å². The lowest BCUT2D eigenvalue weighted by Gasteiger charge is -2.26. The van der Waals surface area contributed by atoms with Gasteiger partial charge < -0.3 is 10.1 Å². The Hall–Kier alpha value is -2.22. The number of sulfone groups is 1. The van der Waals surface area contributed by atoms with E-state index >= 15 is 0 Å². The Balaban J connectivity index is 1.65. The Morgan fingerprint density at radius 3 is 2.46 bits per heavy atom. The van der Waals surface area contributed by atoms with Crippen molar-refractivity contribution < 1.29 is 17.9 Å². The predicted molar refractivity (Wildman–Crippen MR) is 100 cm³/mol. The molecule has 7 heteroatoms. The maximum Gasteiger partial charge on any atom is 0.255 e. The Labute approximate surface area is 153 Å². The smallest absolute Gasteiger partial charge is 0.255 e. The fourth-order valence-corrected chi connectivity index (χ4v) is 3.45. The molecule has 0 spiro atoms. The van der Waals surface area contributed by atoms with Crippen LogP contribution in [-0.4, -0.2) is 51.8 Å². The van der Waals surface area contributed by atoms with E-state index in [4.69, 9.17) is 4.74 Å². The fourth-order valence-electron chi connectivity index (χ4n) is 2.79. The molecule has 3 rings (SSSR count). The van der Waals surface area contributed by atoms with Gasteiger partial charge in [0.05, 0.1) is 18.1 Å². The standard InChI is InChI=1S/C19H22N2O4S/c1-26(23,24)18-4-2-3-17(13-18)20-19(22)16-7-5-15(6-8-16)14-21-9-11-25-12-10-21/h2-8,13H,9-12,14H2,1H3,(H,20,22). The number of rotatable bonds is 5. The van der Waals surface area contributed by atoms with Crippen molar-refractivity contribution in [3.8, 4) is 0 Å². The SMILES string of the molecule is CS(=O)(=O)c1cccc(NC(=O)c2ccc(CN3CCOCC3)cc2)c1. The lowest BCUT2D eigenvalue weighted by molar-refractivity contribution is 0.0342. The van der Waals surface area contributed by atoms with E-state index < -0.39 is 9.84 Å². The number of nitrogens with zero attached hydrogens (tertiary/aromatic N) is 1. The summed E-state index contributed by atoms with van der Waals surface area (Å²) in [7, 11) is -3.31. The van der Waals surface area contributed by atoms with Crippen LogP contribution in [0.5, 0.6) is 0 Å². The van der Waals surface area contributed by atoms with Crippen molar-refractivity contribution in [3.05, 3.63) is 59.7 Å². The number of nitrogens with one attached hydrogen (secondary N) is 1. The molecule has 0 aromatic heterocycles. The maximum atomic E-state index is 12.4. The van der Waals surface area contributed by atoms with E-state index in [1.807, 2.05) is 12.1 Å². The fraction of sp³-hybridized carbons (Fsp3) is 0.316. The molecule has 26 heavy (non-hydrogen) atoms. The summed E-state index contributed by atoms with van der Waals surface area (Å²) >= 11 is 0. The van der Waals surface area contributed by atoms with Crippen molar-refractivity contribution in [2.75, 3.05) is 37.9 Å². The average molecular weight is 374 g/mol. The highest BCUT2D eigenvalue weighted by Gasteiger charge is 2.12. The van der Waals surface area contributed by atoms with Gasteiger partial charge in [0.1, 0.15) is 0 Å². The number of hydrogen-bond acceptors (Lipinski definition) is 5. The first kappa shape index (κ1) is 18.6. The van der Waals surface area contributed by atoms with Crippen LogP contribution in [0.15, 0.2) is 53.4 Å². The summed E-state index contributed by atoms with van der Waals surface area (Å²) in [5.74, 6) is -0.270. The minimum Gasteiger partial charge on any atom is -0.379 e. The molecule has 0 saturated carbocycles. The van der Waals surface area contributed by atoms with Crippen molar-refractivity contribution >= 4 is 21.4 Å². The van der Waals surface area contributed by atoms with Crippen LogP contribution >= 0.6 is 0 Å². The number of carbonyl (C=O) groups is 1. The molecule has 138 valence electrons. The monoisotopic (exact) mass is 374 g/mol. The predicted octanol–water partition coefficient (Wildman–Crippen LogP) is 2.17. The van der Waals surface area contributed by atoms with Gasteiger partial charge in [0, 0.05) is 37.1 Å². The van der Waals surface area contributed by atoms with E-state index in [1.54, 1.807) is 24.3 Å². The Bertz CT molecular complexity index is 873. The Kier molecular flexibility index (Phi) is 5.70. The van der Waals surface area contributed by atoms with Crippen molar-refractivity contribution in [1.82, 2.24) is 4.90 Å².